The second-order valence-corrected chi connectivity index (χ2v) is 8.54. The van der Waals surface area contributed by atoms with Crippen molar-refractivity contribution in [3.8, 4) is 11.5 Å². The quantitative estimate of drug-likeness (QED) is 0.692. The van der Waals surface area contributed by atoms with E-state index < -0.39 is 0 Å². The molecule has 3 heterocycles. The Morgan fingerprint density at radius 3 is 2.67 bits per heavy atom. The third kappa shape index (κ3) is 4.27. The fraction of sp³-hybridized carbons (Fsp3) is 0.320. The molecule has 0 saturated carbocycles. The van der Waals surface area contributed by atoms with E-state index in [4.69, 9.17) is 10.5 Å². The number of carbonyl (C=O) groups is 1. The van der Waals surface area contributed by atoms with Crippen LogP contribution in [0.25, 0.3) is 0 Å². The third-order valence-corrected chi connectivity index (χ3v) is 6.52. The van der Waals surface area contributed by atoms with E-state index in [1.807, 2.05) is 47.4 Å². The number of benzene rings is 2. The number of piperidine rings is 1. The molecular weight excluding hydrogens is 416 g/mol. The molecule has 3 aliphatic rings. The summed E-state index contributed by atoms with van der Waals surface area (Å²) in [6.45, 7) is 5.01. The molecule has 1 amide bonds. The number of amides is 1. The fourth-order valence-electron chi connectivity index (χ4n) is 4.89. The maximum Gasteiger partial charge on any atom is 0.246 e. The predicted molar refractivity (Wildman–Crippen MR) is 128 cm³/mol. The van der Waals surface area contributed by atoms with E-state index in [0.717, 1.165) is 36.4 Å². The molecule has 2 aromatic rings. The highest BCUT2D eigenvalue weighted by Gasteiger charge is 2.48. The van der Waals surface area contributed by atoms with Gasteiger partial charge in [-0.2, -0.15) is 0 Å². The number of ether oxygens (including phenoxy) is 1. The summed E-state index contributed by atoms with van der Waals surface area (Å²) in [6, 6.07) is 17.8. The van der Waals surface area contributed by atoms with Gasteiger partial charge in [-0.25, -0.2) is 15.4 Å². The summed E-state index contributed by atoms with van der Waals surface area (Å²) in [4.78, 5) is 23.0. The second-order valence-electron chi connectivity index (χ2n) is 8.54. The van der Waals surface area contributed by atoms with Gasteiger partial charge in [0.25, 0.3) is 0 Å². The van der Waals surface area contributed by atoms with E-state index in [1.165, 1.54) is 6.08 Å². The molecule has 33 heavy (non-hydrogen) atoms. The molecule has 0 aromatic heterocycles. The van der Waals surface area contributed by atoms with E-state index >= 15 is 0 Å². The average molecular weight is 445 g/mol. The Hall–Kier alpha value is -3.49. The summed E-state index contributed by atoms with van der Waals surface area (Å²) >= 11 is 0. The zero-order chi connectivity index (χ0) is 22.8. The molecular formula is C25H28N6O2. The molecule has 0 radical (unpaired) electrons. The Morgan fingerprint density at radius 2 is 1.91 bits per heavy atom. The van der Waals surface area contributed by atoms with Gasteiger partial charge in [0, 0.05) is 19.1 Å². The summed E-state index contributed by atoms with van der Waals surface area (Å²) in [5.41, 5.74) is 11.1. The molecule has 2 saturated heterocycles. The summed E-state index contributed by atoms with van der Waals surface area (Å²) in [5.74, 6) is 2.00. The van der Waals surface area contributed by atoms with E-state index in [-0.39, 0.29) is 30.1 Å². The van der Waals surface area contributed by atoms with Crippen LogP contribution in [0.4, 0.5) is 0 Å². The standard InChI is InChI=1S/C25H28N6O2/c1-2-21(32)30-14-6-7-18(15-30)31-25-22(24(26)27-16-28-25)23(29-31)17-10-12-20(13-11-17)33-19-8-4-3-5-9-19/h2-5,8-13,16,18,22-23,25,29H,1,6-7,14-15H2,(H2,26,27,28)/t18-,22+,23?,25+/m0/s1. The first kappa shape index (κ1) is 21.4. The number of nitrogens with two attached hydrogens (primary N) is 1. The lowest BCUT2D eigenvalue weighted by Gasteiger charge is -2.39. The SMILES string of the molecule is C=CC(=O)N1CCC[C@H](N2NC(c3ccc(Oc4ccccc4)cc3)[C@@H]3C(N)=NC=N[C@@H]32)C1. The number of fused-ring (bicyclic) bond motifs is 1. The largest absolute Gasteiger partial charge is 0.457 e. The summed E-state index contributed by atoms with van der Waals surface area (Å²) < 4.78 is 5.94. The maximum absolute atomic E-state index is 12.2. The van der Waals surface area contributed by atoms with Crippen LogP contribution in [0.1, 0.15) is 24.4 Å². The smallest absolute Gasteiger partial charge is 0.246 e. The molecule has 1 unspecified atom stereocenters. The number of hydrogen-bond donors (Lipinski definition) is 2. The molecule has 2 fully saturated rings. The number of nitrogens with zero attached hydrogens (tertiary/aromatic N) is 4. The van der Waals surface area contributed by atoms with Gasteiger partial charge in [0.05, 0.1) is 12.0 Å². The second kappa shape index (κ2) is 9.17. The van der Waals surface area contributed by atoms with E-state index in [9.17, 15) is 4.79 Å². The molecule has 8 heteroatoms. The van der Waals surface area contributed by atoms with Gasteiger partial charge in [0.2, 0.25) is 5.91 Å². The van der Waals surface area contributed by atoms with Crippen LogP contribution in [0, 0.1) is 5.92 Å². The fourth-order valence-corrected chi connectivity index (χ4v) is 4.89. The zero-order valence-corrected chi connectivity index (χ0v) is 18.4. The normalized spacial score (nSPS) is 27.0. The van der Waals surface area contributed by atoms with Crippen LogP contribution in [-0.2, 0) is 4.79 Å². The first-order valence-corrected chi connectivity index (χ1v) is 11.3. The molecule has 4 atom stereocenters. The molecule has 0 aliphatic carbocycles. The van der Waals surface area contributed by atoms with Crippen LogP contribution in [0.15, 0.2) is 77.2 Å². The number of nitrogens with one attached hydrogen (secondary N) is 1. The van der Waals surface area contributed by atoms with Crippen LogP contribution >= 0.6 is 0 Å². The van der Waals surface area contributed by atoms with Crippen molar-refractivity contribution in [2.75, 3.05) is 13.1 Å². The highest BCUT2D eigenvalue weighted by Crippen LogP contribution is 2.38. The third-order valence-electron chi connectivity index (χ3n) is 6.52. The number of hydrazine groups is 1. The summed E-state index contributed by atoms with van der Waals surface area (Å²) in [6.07, 6.45) is 4.66. The maximum atomic E-state index is 12.2. The number of amidine groups is 1. The minimum atomic E-state index is -0.170. The Labute approximate surface area is 193 Å². The van der Waals surface area contributed by atoms with Gasteiger partial charge in [-0.3, -0.25) is 9.79 Å². The van der Waals surface area contributed by atoms with Crippen LogP contribution in [-0.4, -0.2) is 53.3 Å². The molecule has 3 N–H and O–H groups in total. The highest BCUT2D eigenvalue weighted by atomic mass is 16.5. The minimum Gasteiger partial charge on any atom is -0.457 e. The monoisotopic (exact) mass is 444 g/mol. The minimum absolute atomic E-state index is 0.0331. The lowest BCUT2D eigenvalue weighted by atomic mass is 9.91. The molecule has 2 aromatic carbocycles. The Bertz CT molecular complexity index is 1070. The Balaban J connectivity index is 1.36. The Morgan fingerprint density at radius 1 is 1.15 bits per heavy atom. The van der Waals surface area contributed by atoms with Crippen LogP contribution in [0.2, 0.25) is 0 Å². The van der Waals surface area contributed by atoms with Crippen molar-refractivity contribution < 1.29 is 9.53 Å². The molecule has 0 spiro atoms. The highest BCUT2D eigenvalue weighted by molar-refractivity contribution is 5.92. The van der Waals surface area contributed by atoms with Crippen LogP contribution < -0.4 is 15.9 Å². The van der Waals surface area contributed by atoms with Crippen molar-refractivity contribution in [3.05, 3.63) is 72.8 Å². The zero-order valence-electron chi connectivity index (χ0n) is 18.4. The van der Waals surface area contributed by atoms with Crippen LogP contribution in [0.5, 0.6) is 11.5 Å². The van der Waals surface area contributed by atoms with Crippen molar-refractivity contribution in [2.24, 2.45) is 21.6 Å². The molecule has 8 nitrogen and oxygen atoms in total. The van der Waals surface area contributed by atoms with Crippen molar-refractivity contribution >= 4 is 18.1 Å². The van der Waals surface area contributed by atoms with Crippen molar-refractivity contribution in [2.45, 2.75) is 31.1 Å². The van der Waals surface area contributed by atoms with Gasteiger partial charge < -0.3 is 15.4 Å². The lowest BCUT2D eigenvalue weighted by molar-refractivity contribution is -0.128. The topological polar surface area (TPSA) is 95.5 Å². The number of likely N-dealkylation sites (tertiary alicyclic amines) is 1. The number of aliphatic imine (C=N–C) groups is 2. The number of rotatable bonds is 5. The summed E-state index contributed by atoms with van der Waals surface area (Å²) in [7, 11) is 0. The van der Waals surface area contributed by atoms with Crippen molar-refractivity contribution in [3.63, 3.8) is 0 Å². The first-order valence-electron chi connectivity index (χ1n) is 11.3. The van der Waals surface area contributed by atoms with E-state index in [2.05, 4.69) is 39.1 Å². The van der Waals surface area contributed by atoms with Gasteiger partial charge in [0.1, 0.15) is 29.8 Å². The van der Waals surface area contributed by atoms with Crippen LogP contribution in [0.3, 0.4) is 0 Å². The Kier molecular flexibility index (Phi) is 5.93. The first-order chi connectivity index (χ1) is 16.1. The van der Waals surface area contributed by atoms with Gasteiger partial charge in [0.15, 0.2) is 0 Å². The molecule has 170 valence electrons. The molecule has 5 rings (SSSR count). The van der Waals surface area contributed by atoms with E-state index in [0.29, 0.717) is 12.4 Å². The summed E-state index contributed by atoms with van der Waals surface area (Å²) in [5, 5.41) is 2.17. The number of para-hydroxylation sites is 1. The van der Waals surface area contributed by atoms with Gasteiger partial charge in [-0.05, 0) is 48.7 Å². The number of hydrogen-bond acceptors (Lipinski definition) is 7. The number of carbonyl (C=O) groups excluding carboxylic acids is 1. The predicted octanol–water partition coefficient (Wildman–Crippen LogP) is 2.86. The molecule has 0 bridgehead atoms. The average Bonchev–Trinajstić information content (AvgIpc) is 3.26. The van der Waals surface area contributed by atoms with Gasteiger partial charge in [-0.15, -0.1) is 0 Å². The lowest BCUT2D eigenvalue weighted by Crippen LogP contribution is -2.54. The van der Waals surface area contributed by atoms with Gasteiger partial charge >= 0.3 is 0 Å². The molecule has 3 aliphatic heterocycles. The van der Waals surface area contributed by atoms with Crippen molar-refractivity contribution in [1.29, 1.82) is 0 Å². The van der Waals surface area contributed by atoms with E-state index in [1.54, 1.807) is 6.34 Å². The van der Waals surface area contributed by atoms with Crippen molar-refractivity contribution in [1.82, 2.24) is 15.3 Å². The van der Waals surface area contributed by atoms with Gasteiger partial charge in [-0.1, -0.05) is 36.9 Å².